The van der Waals surface area contributed by atoms with E-state index in [1.54, 1.807) is 31.2 Å². The van der Waals surface area contributed by atoms with Crippen LogP contribution in [-0.2, 0) is 0 Å². The number of aryl methyl sites for hydroxylation is 1. The lowest BCUT2D eigenvalue weighted by Gasteiger charge is -2.02. The predicted octanol–water partition coefficient (Wildman–Crippen LogP) is 0.958. The number of halogens is 1. The molecule has 2 aromatic heterocycles. The first-order valence-electron chi connectivity index (χ1n) is 6.66. The topological polar surface area (TPSA) is 137 Å². The Kier molecular flexibility index (Phi) is 4.20. The van der Waals surface area contributed by atoms with Crippen molar-refractivity contribution in [1.82, 2.24) is 30.7 Å². The molecule has 0 aliphatic heterocycles. The lowest BCUT2D eigenvalue weighted by Crippen LogP contribution is -2.22. The van der Waals surface area contributed by atoms with Crippen LogP contribution in [-0.4, -0.2) is 37.4 Å². The Morgan fingerprint density at radius 1 is 1.46 bits per heavy atom. The highest BCUT2D eigenvalue weighted by atomic mass is 35.5. The van der Waals surface area contributed by atoms with Gasteiger partial charge in [-0.15, -0.1) is 5.10 Å². The van der Waals surface area contributed by atoms with Gasteiger partial charge in [-0.3, -0.25) is 4.79 Å². The van der Waals surface area contributed by atoms with E-state index in [2.05, 4.69) is 35.8 Å². The molecule has 0 aliphatic carbocycles. The van der Waals surface area contributed by atoms with Crippen molar-refractivity contribution in [2.45, 2.75) is 6.92 Å². The maximum Gasteiger partial charge on any atom is 0.292 e. The fourth-order valence-electron chi connectivity index (χ4n) is 1.91. The van der Waals surface area contributed by atoms with Crippen molar-refractivity contribution in [3.63, 3.8) is 0 Å². The van der Waals surface area contributed by atoms with Gasteiger partial charge in [0.2, 0.25) is 11.6 Å². The number of carbonyl (C=O) groups excluding carboxylic acids is 1. The fraction of sp³-hybridized carbons (Fsp3) is 0.0769. The minimum absolute atomic E-state index is 0.0172. The van der Waals surface area contributed by atoms with Crippen molar-refractivity contribution < 1.29 is 9.42 Å². The van der Waals surface area contributed by atoms with E-state index in [-0.39, 0.29) is 17.3 Å². The third-order valence-electron chi connectivity index (χ3n) is 2.98. The smallest absolute Gasteiger partial charge is 0.292 e. The standard InChI is InChI=1S/C13H11ClN8O2/c1-7-10(22(21-17-7)12-11(15)19-24-20-12)13(23)18-16-6-8-3-2-4-9(14)5-8/h2-6H,1H3,(H2,15,19)(H,18,23)/b16-6+. The van der Waals surface area contributed by atoms with Gasteiger partial charge in [0.05, 0.1) is 11.9 Å². The number of hydrogen-bond donors (Lipinski definition) is 2. The number of carbonyl (C=O) groups is 1. The van der Waals surface area contributed by atoms with Gasteiger partial charge in [-0.2, -0.15) is 9.78 Å². The number of benzene rings is 1. The number of anilines is 1. The SMILES string of the molecule is Cc1nnn(-c2nonc2N)c1C(=O)N/N=C/c1cccc(Cl)c1. The molecule has 122 valence electrons. The molecule has 1 amide bonds. The van der Waals surface area contributed by atoms with Gasteiger partial charge in [-0.05, 0) is 34.9 Å². The van der Waals surface area contributed by atoms with E-state index >= 15 is 0 Å². The van der Waals surface area contributed by atoms with E-state index in [1.807, 2.05) is 0 Å². The average Bonchev–Trinajstić information content (AvgIpc) is 3.12. The number of aromatic nitrogens is 5. The molecule has 1 aromatic carbocycles. The average molecular weight is 347 g/mol. The molecule has 24 heavy (non-hydrogen) atoms. The van der Waals surface area contributed by atoms with Crippen molar-refractivity contribution in [1.29, 1.82) is 0 Å². The monoisotopic (exact) mass is 346 g/mol. The number of hydrogen-bond acceptors (Lipinski definition) is 8. The number of nitrogens with two attached hydrogens (primary N) is 1. The molecule has 10 nitrogen and oxygen atoms in total. The van der Waals surface area contributed by atoms with Gasteiger partial charge in [0.25, 0.3) is 5.91 Å². The van der Waals surface area contributed by atoms with E-state index in [0.29, 0.717) is 10.7 Å². The number of nitrogens with one attached hydrogen (secondary N) is 1. The van der Waals surface area contributed by atoms with Crippen LogP contribution in [0.25, 0.3) is 5.82 Å². The highest BCUT2D eigenvalue weighted by Crippen LogP contribution is 2.15. The molecule has 11 heteroatoms. The summed E-state index contributed by atoms with van der Waals surface area (Å²) < 4.78 is 5.64. The van der Waals surface area contributed by atoms with Crippen LogP contribution in [0.2, 0.25) is 5.02 Å². The molecule has 0 saturated carbocycles. The Labute approximate surface area is 140 Å². The summed E-state index contributed by atoms with van der Waals surface area (Å²) in [5.74, 6) is -0.492. The summed E-state index contributed by atoms with van der Waals surface area (Å²) in [5, 5.41) is 19.1. The fourth-order valence-corrected chi connectivity index (χ4v) is 2.11. The van der Waals surface area contributed by atoms with E-state index in [9.17, 15) is 4.79 Å². The Morgan fingerprint density at radius 2 is 2.29 bits per heavy atom. The molecule has 3 aromatic rings. The summed E-state index contributed by atoms with van der Waals surface area (Å²) in [6.45, 7) is 1.61. The summed E-state index contributed by atoms with van der Waals surface area (Å²) >= 11 is 5.88. The summed E-state index contributed by atoms with van der Waals surface area (Å²) in [5.41, 5.74) is 9.21. The van der Waals surface area contributed by atoms with Crippen molar-refractivity contribution in [3.8, 4) is 5.82 Å². The normalized spacial score (nSPS) is 11.1. The van der Waals surface area contributed by atoms with Crippen LogP contribution in [0, 0.1) is 6.92 Å². The highest BCUT2D eigenvalue weighted by molar-refractivity contribution is 6.30. The zero-order chi connectivity index (χ0) is 17.1. The Hall–Kier alpha value is -3.27. The molecule has 0 saturated heterocycles. The number of nitrogens with zero attached hydrogens (tertiary/aromatic N) is 6. The molecular formula is C13H11ClN8O2. The first-order valence-corrected chi connectivity index (χ1v) is 7.03. The minimum Gasteiger partial charge on any atom is -0.378 e. The van der Waals surface area contributed by atoms with Crippen LogP contribution in [0.15, 0.2) is 34.0 Å². The highest BCUT2D eigenvalue weighted by Gasteiger charge is 2.22. The predicted molar refractivity (Wildman–Crippen MR) is 84.9 cm³/mol. The van der Waals surface area contributed by atoms with E-state index < -0.39 is 5.91 Å². The molecule has 0 aliphatic rings. The van der Waals surface area contributed by atoms with Gasteiger partial charge in [0.1, 0.15) is 0 Å². The third-order valence-corrected chi connectivity index (χ3v) is 3.21. The lowest BCUT2D eigenvalue weighted by molar-refractivity contribution is 0.0946. The second kappa shape index (κ2) is 6.46. The van der Waals surface area contributed by atoms with Gasteiger partial charge in [0, 0.05) is 5.02 Å². The molecule has 2 heterocycles. The lowest BCUT2D eigenvalue weighted by atomic mass is 10.2. The third kappa shape index (κ3) is 3.08. The molecule has 0 radical (unpaired) electrons. The molecule has 0 atom stereocenters. The van der Waals surface area contributed by atoms with Crippen LogP contribution in [0.5, 0.6) is 0 Å². The Balaban J connectivity index is 1.81. The largest absolute Gasteiger partial charge is 0.378 e. The van der Waals surface area contributed by atoms with Gasteiger partial charge in [0.15, 0.2) is 5.69 Å². The zero-order valence-electron chi connectivity index (χ0n) is 12.3. The van der Waals surface area contributed by atoms with Crippen molar-refractivity contribution in [2.75, 3.05) is 5.73 Å². The molecule has 0 spiro atoms. The van der Waals surface area contributed by atoms with Gasteiger partial charge in [-0.1, -0.05) is 28.9 Å². The van der Waals surface area contributed by atoms with E-state index in [0.717, 1.165) is 10.2 Å². The number of rotatable bonds is 4. The maximum absolute atomic E-state index is 12.3. The molecule has 3 rings (SSSR count). The second-order valence-electron chi connectivity index (χ2n) is 4.66. The maximum atomic E-state index is 12.3. The number of nitrogen functional groups attached to an aromatic ring is 1. The zero-order valence-corrected chi connectivity index (χ0v) is 13.1. The van der Waals surface area contributed by atoms with Crippen molar-refractivity contribution in [3.05, 3.63) is 46.2 Å². The number of hydrazone groups is 1. The molecule has 3 N–H and O–H groups in total. The van der Waals surface area contributed by atoms with Crippen LogP contribution < -0.4 is 11.2 Å². The quantitative estimate of drug-likeness (QED) is 0.530. The van der Waals surface area contributed by atoms with Crippen LogP contribution in [0.4, 0.5) is 5.82 Å². The van der Waals surface area contributed by atoms with Gasteiger partial charge in [-0.25, -0.2) is 10.1 Å². The molecule has 0 fully saturated rings. The summed E-state index contributed by atoms with van der Waals surface area (Å²) in [6.07, 6.45) is 1.46. The van der Waals surface area contributed by atoms with Gasteiger partial charge >= 0.3 is 0 Å². The van der Waals surface area contributed by atoms with E-state index in [4.69, 9.17) is 17.3 Å². The van der Waals surface area contributed by atoms with E-state index in [1.165, 1.54) is 6.21 Å². The Bertz CT molecular complexity index is 916. The molecule has 0 unspecified atom stereocenters. The summed E-state index contributed by atoms with van der Waals surface area (Å²) in [7, 11) is 0. The minimum atomic E-state index is -0.543. The van der Waals surface area contributed by atoms with Crippen LogP contribution >= 0.6 is 11.6 Å². The summed E-state index contributed by atoms with van der Waals surface area (Å²) in [6, 6.07) is 7.01. The summed E-state index contributed by atoms with van der Waals surface area (Å²) in [4.78, 5) is 12.3. The van der Waals surface area contributed by atoms with Crippen LogP contribution in [0.1, 0.15) is 21.7 Å². The second-order valence-corrected chi connectivity index (χ2v) is 5.10. The van der Waals surface area contributed by atoms with Crippen LogP contribution in [0.3, 0.4) is 0 Å². The molecular weight excluding hydrogens is 336 g/mol. The van der Waals surface area contributed by atoms with Crippen molar-refractivity contribution in [2.24, 2.45) is 5.10 Å². The van der Waals surface area contributed by atoms with Crippen molar-refractivity contribution >= 4 is 29.5 Å². The Morgan fingerprint density at radius 3 is 3.00 bits per heavy atom. The van der Waals surface area contributed by atoms with Gasteiger partial charge < -0.3 is 5.73 Å². The molecule has 0 bridgehead atoms. The number of amides is 1. The first-order chi connectivity index (χ1) is 11.6. The first kappa shape index (κ1) is 15.6.